The normalized spacial score (nSPS) is 10.0. The van der Waals surface area contributed by atoms with Gasteiger partial charge in [0.05, 0.1) is 0 Å². The maximum absolute atomic E-state index is 10.9. The van der Waals surface area contributed by atoms with Gasteiger partial charge in [-0.25, -0.2) is 0 Å². The largest absolute Gasteiger partial charge is 0.295 e. The molecule has 0 saturated carbocycles. The molecule has 0 fully saturated rings. The van der Waals surface area contributed by atoms with Crippen LogP contribution in [0.4, 0.5) is 0 Å². The van der Waals surface area contributed by atoms with E-state index in [-0.39, 0.29) is 17.3 Å². The van der Waals surface area contributed by atoms with E-state index in [1.54, 1.807) is 20.8 Å². The highest BCUT2D eigenvalue weighted by Gasteiger charge is 2.06. The zero-order chi connectivity index (χ0) is 41.0. The van der Waals surface area contributed by atoms with Crippen LogP contribution in [0, 0.1) is 20.8 Å². The Morgan fingerprint density at radius 2 is 0.509 bits per heavy atom. The molecule has 0 radical (unpaired) electrons. The predicted octanol–water partition coefficient (Wildman–Crippen LogP) is 13.1. The van der Waals surface area contributed by atoms with Gasteiger partial charge in [0.2, 0.25) is 0 Å². The molecule has 3 heteroatoms. The van der Waals surface area contributed by atoms with Gasteiger partial charge in [-0.1, -0.05) is 182 Å². The Labute approximate surface area is 340 Å². The first-order chi connectivity index (χ1) is 27.5. The Balaban J connectivity index is 0.000000197. The minimum Gasteiger partial charge on any atom is -0.295 e. The molecule has 0 aliphatic rings. The summed E-state index contributed by atoms with van der Waals surface area (Å²) in [7, 11) is 0. The number of ketones is 3. The van der Waals surface area contributed by atoms with Crippen LogP contribution < -0.4 is 0 Å². The molecule has 0 unspecified atom stereocenters. The lowest BCUT2D eigenvalue weighted by atomic mass is 9.94. The van der Waals surface area contributed by atoms with Crippen molar-refractivity contribution in [1.82, 2.24) is 0 Å². The van der Waals surface area contributed by atoms with Crippen molar-refractivity contribution < 1.29 is 14.4 Å². The van der Waals surface area contributed by atoms with E-state index in [1.165, 1.54) is 33.4 Å². The van der Waals surface area contributed by atoms with Crippen LogP contribution in [0.25, 0.3) is 0 Å². The molecule has 0 aliphatic carbocycles. The molecule has 0 saturated heterocycles. The number of rotatable bonds is 9. The lowest BCUT2D eigenvalue weighted by molar-refractivity contribution is 0.100. The molecule has 57 heavy (non-hydrogen) atoms. The first-order valence-corrected chi connectivity index (χ1v) is 19.4. The third-order valence-electron chi connectivity index (χ3n) is 9.44. The van der Waals surface area contributed by atoms with Crippen molar-refractivity contribution in [3.63, 3.8) is 0 Å². The van der Waals surface area contributed by atoms with Gasteiger partial charge in [0.15, 0.2) is 17.3 Å². The van der Waals surface area contributed by atoms with Gasteiger partial charge < -0.3 is 0 Å². The van der Waals surface area contributed by atoms with Crippen LogP contribution in [-0.2, 0) is 19.3 Å². The highest BCUT2D eigenvalue weighted by atomic mass is 16.1. The molecule has 0 aromatic heterocycles. The van der Waals surface area contributed by atoms with Gasteiger partial charge in [0.25, 0.3) is 0 Å². The van der Waals surface area contributed by atoms with Crippen molar-refractivity contribution in [2.75, 3.05) is 0 Å². The summed E-state index contributed by atoms with van der Waals surface area (Å²) in [6.07, 6.45) is 2.93. The van der Waals surface area contributed by atoms with Gasteiger partial charge in [-0.2, -0.15) is 0 Å². The Kier molecular flexibility index (Phi) is 17.3. The third-order valence-corrected chi connectivity index (χ3v) is 9.44. The van der Waals surface area contributed by atoms with Gasteiger partial charge in [-0.15, -0.1) is 0 Å². The summed E-state index contributed by atoms with van der Waals surface area (Å²) >= 11 is 0. The van der Waals surface area contributed by atoms with Crippen LogP contribution in [0.3, 0.4) is 0 Å². The molecule has 3 nitrogen and oxygen atoms in total. The van der Waals surface area contributed by atoms with Crippen molar-refractivity contribution in [2.24, 2.45) is 0 Å². The summed E-state index contributed by atoms with van der Waals surface area (Å²) in [6.45, 7) is 10.6. The Hall–Kier alpha value is -6.45. The maximum atomic E-state index is 10.9. The van der Waals surface area contributed by atoms with Crippen molar-refractivity contribution in [3.05, 3.63) is 249 Å². The number of hydrogen-bond acceptors (Lipinski definition) is 3. The number of aryl methyl sites for hydroxylation is 3. The van der Waals surface area contributed by atoms with Crippen LogP contribution in [-0.4, -0.2) is 17.3 Å². The fourth-order valence-corrected chi connectivity index (χ4v) is 6.54. The highest BCUT2D eigenvalue weighted by molar-refractivity contribution is 5.96. The topological polar surface area (TPSA) is 51.2 Å². The zero-order valence-corrected chi connectivity index (χ0v) is 34.2. The molecule has 0 bridgehead atoms. The van der Waals surface area contributed by atoms with E-state index in [4.69, 9.17) is 0 Å². The van der Waals surface area contributed by atoms with Crippen LogP contribution in [0.15, 0.2) is 182 Å². The van der Waals surface area contributed by atoms with Gasteiger partial charge in [-0.3, -0.25) is 14.4 Å². The number of carbonyl (C=O) groups is 3. The van der Waals surface area contributed by atoms with E-state index in [0.29, 0.717) is 0 Å². The molecular formula is C54H54O3. The Morgan fingerprint density at radius 1 is 0.298 bits per heavy atom. The molecule has 0 N–H and O–H groups in total. The highest BCUT2D eigenvalue weighted by Crippen LogP contribution is 2.20. The van der Waals surface area contributed by atoms with E-state index in [0.717, 1.165) is 52.6 Å². The van der Waals surface area contributed by atoms with E-state index >= 15 is 0 Å². The van der Waals surface area contributed by atoms with Crippen LogP contribution >= 0.6 is 0 Å². The number of benzene rings is 7. The number of Topliss-reactive ketones (excluding diaryl/α,β-unsaturated/α-hetero) is 3. The smallest absolute Gasteiger partial charge is 0.160 e. The van der Waals surface area contributed by atoms with E-state index in [1.807, 2.05) is 93.6 Å². The molecule has 0 amide bonds. The fraction of sp³-hybridized carbons (Fsp3) is 0.167. The molecule has 0 atom stereocenters. The second-order valence-corrected chi connectivity index (χ2v) is 14.3. The zero-order valence-electron chi connectivity index (χ0n) is 34.2. The number of carbonyl (C=O) groups excluding carboxylic acids is 3. The second-order valence-electron chi connectivity index (χ2n) is 14.3. The standard InChI is InChI=1S/C27H24.3C9H10O/c1-4-10-22(11-5-1)16-25-19-26(17-23-12-6-2-7-13-23)21-27(20-25)18-24-14-8-3-9-15-24;3*1-7-5-3-4-6-9(7)8(2)10/h1-15,19-21H,16-18H2;3*3-6H,1-2H3. The lowest BCUT2D eigenvalue weighted by Gasteiger charge is -2.11. The number of hydrogen-bond donors (Lipinski definition) is 0. The monoisotopic (exact) mass is 750 g/mol. The summed E-state index contributed by atoms with van der Waals surface area (Å²) in [6, 6.07) is 62.1. The van der Waals surface area contributed by atoms with Gasteiger partial charge >= 0.3 is 0 Å². The molecule has 0 spiro atoms. The average molecular weight is 751 g/mol. The van der Waals surface area contributed by atoms with Crippen LogP contribution in [0.2, 0.25) is 0 Å². The SMILES string of the molecule is CC(=O)c1ccccc1C.CC(=O)c1ccccc1C.CC(=O)c1ccccc1C.c1ccc(Cc2cc(Cc3ccccc3)cc(Cc3ccccc3)c2)cc1. The molecule has 7 aromatic rings. The van der Waals surface area contributed by atoms with Gasteiger partial charge in [0, 0.05) is 16.7 Å². The third kappa shape index (κ3) is 15.0. The Bertz CT molecular complexity index is 2050. The lowest BCUT2D eigenvalue weighted by Crippen LogP contribution is -1.97. The molecule has 288 valence electrons. The summed E-state index contributed by atoms with van der Waals surface area (Å²) in [5.41, 5.74) is 13.9. The van der Waals surface area contributed by atoms with Crippen molar-refractivity contribution >= 4 is 17.3 Å². The molecular weight excluding hydrogens is 697 g/mol. The summed E-state index contributed by atoms with van der Waals surface area (Å²) < 4.78 is 0. The average Bonchev–Trinajstić information content (AvgIpc) is 3.20. The van der Waals surface area contributed by atoms with E-state index in [2.05, 4.69) is 109 Å². The Morgan fingerprint density at radius 3 is 0.702 bits per heavy atom. The second kappa shape index (κ2) is 22.8. The minimum absolute atomic E-state index is 0.137. The van der Waals surface area contributed by atoms with Gasteiger partial charge in [-0.05, 0) is 111 Å². The van der Waals surface area contributed by atoms with E-state index < -0.39 is 0 Å². The molecule has 7 aromatic carbocycles. The fourth-order valence-electron chi connectivity index (χ4n) is 6.54. The van der Waals surface area contributed by atoms with Crippen molar-refractivity contribution in [1.29, 1.82) is 0 Å². The molecule has 7 rings (SSSR count). The van der Waals surface area contributed by atoms with Crippen molar-refractivity contribution in [3.8, 4) is 0 Å². The van der Waals surface area contributed by atoms with E-state index in [9.17, 15) is 14.4 Å². The maximum Gasteiger partial charge on any atom is 0.160 e. The first-order valence-electron chi connectivity index (χ1n) is 19.4. The van der Waals surface area contributed by atoms with Crippen LogP contribution in [0.1, 0.15) is 102 Å². The van der Waals surface area contributed by atoms with Crippen molar-refractivity contribution in [2.45, 2.75) is 60.8 Å². The quantitative estimate of drug-likeness (QED) is 0.138. The molecule has 0 heterocycles. The van der Waals surface area contributed by atoms with Crippen LogP contribution in [0.5, 0.6) is 0 Å². The predicted molar refractivity (Wildman–Crippen MR) is 238 cm³/mol. The summed E-state index contributed by atoms with van der Waals surface area (Å²) in [5, 5.41) is 0. The first kappa shape index (κ1) is 43.3. The van der Waals surface area contributed by atoms with Gasteiger partial charge in [0.1, 0.15) is 0 Å². The summed E-state index contributed by atoms with van der Waals surface area (Å²) in [4.78, 5) is 32.6. The summed E-state index contributed by atoms with van der Waals surface area (Å²) in [5.74, 6) is 0.411. The minimum atomic E-state index is 0.137. The molecule has 0 aliphatic heterocycles.